The van der Waals surface area contributed by atoms with Gasteiger partial charge in [0.15, 0.2) is 0 Å². The number of rotatable bonds is 6. The van der Waals surface area contributed by atoms with Gasteiger partial charge in [-0.2, -0.15) is 5.26 Å². The molecular weight excluding hydrogens is 290 g/mol. The van der Waals surface area contributed by atoms with Crippen LogP contribution in [0.15, 0.2) is 29.2 Å². The molecule has 0 saturated heterocycles. The lowest BCUT2D eigenvalue weighted by molar-refractivity contribution is -0.128. The standard InChI is InChI=1S/C14H19N3O3S/c1-3-14(4-2,10-15)13(18)17-9-11-5-7-12(8-6-11)21(16,19)20/h5-8H,3-4,9H2,1-2H3,(H,17,18)(H2,16,19,20). The molecule has 3 N–H and O–H groups in total. The first-order valence-electron chi connectivity index (χ1n) is 6.60. The maximum Gasteiger partial charge on any atom is 0.240 e. The van der Waals surface area contributed by atoms with E-state index in [9.17, 15) is 18.5 Å². The first-order valence-corrected chi connectivity index (χ1v) is 8.15. The molecule has 1 aromatic rings. The molecule has 7 heteroatoms. The molecule has 0 heterocycles. The van der Waals surface area contributed by atoms with Crippen LogP contribution in [-0.4, -0.2) is 14.3 Å². The van der Waals surface area contributed by atoms with Crippen molar-refractivity contribution in [3.8, 4) is 6.07 Å². The van der Waals surface area contributed by atoms with Crippen LogP contribution in [0.1, 0.15) is 32.3 Å². The van der Waals surface area contributed by atoms with Crippen LogP contribution < -0.4 is 10.5 Å². The Morgan fingerprint density at radius 3 is 2.19 bits per heavy atom. The number of carbonyl (C=O) groups excluding carboxylic acids is 1. The van der Waals surface area contributed by atoms with Crippen molar-refractivity contribution in [2.75, 3.05) is 0 Å². The van der Waals surface area contributed by atoms with Gasteiger partial charge in [0.1, 0.15) is 5.41 Å². The summed E-state index contributed by atoms with van der Waals surface area (Å²) < 4.78 is 22.3. The number of hydrogen-bond acceptors (Lipinski definition) is 4. The Morgan fingerprint density at radius 1 is 1.29 bits per heavy atom. The number of nitrogens with zero attached hydrogens (tertiary/aromatic N) is 1. The fraction of sp³-hybridized carbons (Fsp3) is 0.429. The topological polar surface area (TPSA) is 113 Å². The summed E-state index contributed by atoms with van der Waals surface area (Å²) in [5.41, 5.74) is -0.282. The summed E-state index contributed by atoms with van der Waals surface area (Å²) >= 11 is 0. The molecule has 0 spiro atoms. The van der Waals surface area contributed by atoms with Crippen molar-refractivity contribution in [2.45, 2.75) is 38.1 Å². The Morgan fingerprint density at radius 2 is 1.81 bits per heavy atom. The van der Waals surface area contributed by atoms with Gasteiger partial charge in [0.25, 0.3) is 0 Å². The monoisotopic (exact) mass is 309 g/mol. The van der Waals surface area contributed by atoms with Crippen LogP contribution in [-0.2, 0) is 21.4 Å². The molecule has 0 bridgehead atoms. The van der Waals surface area contributed by atoms with Gasteiger partial charge in [-0.05, 0) is 30.5 Å². The Labute approximate surface area is 125 Å². The van der Waals surface area contributed by atoms with Gasteiger partial charge in [0.2, 0.25) is 15.9 Å². The minimum atomic E-state index is -3.72. The van der Waals surface area contributed by atoms with E-state index in [0.29, 0.717) is 12.8 Å². The molecule has 6 nitrogen and oxygen atoms in total. The molecule has 0 unspecified atom stereocenters. The maximum absolute atomic E-state index is 12.1. The van der Waals surface area contributed by atoms with Gasteiger partial charge in [-0.25, -0.2) is 13.6 Å². The van der Waals surface area contributed by atoms with Crippen molar-refractivity contribution < 1.29 is 13.2 Å². The van der Waals surface area contributed by atoms with Crippen molar-refractivity contribution in [1.29, 1.82) is 5.26 Å². The van der Waals surface area contributed by atoms with Gasteiger partial charge >= 0.3 is 0 Å². The molecule has 114 valence electrons. The maximum atomic E-state index is 12.1. The highest BCUT2D eigenvalue weighted by molar-refractivity contribution is 7.89. The fourth-order valence-electron chi connectivity index (χ4n) is 1.93. The number of primary sulfonamides is 1. The highest BCUT2D eigenvalue weighted by atomic mass is 32.2. The third-order valence-corrected chi connectivity index (χ3v) is 4.49. The average molecular weight is 309 g/mol. The van der Waals surface area contributed by atoms with Crippen LogP contribution in [0.4, 0.5) is 0 Å². The van der Waals surface area contributed by atoms with E-state index in [1.807, 2.05) is 0 Å². The van der Waals surface area contributed by atoms with Gasteiger partial charge in [0, 0.05) is 6.54 Å². The van der Waals surface area contributed by atoms with E-state index in [2.05, 4.69) is 11.4 Å². The minimum Gasteiger partial charge on any atom is -0.351 e. The zero-order valence-corrected chi connectivity index (χ0v) is 12.9. The molecule has 0 aromatic heterocycles. The molecule has 1 rings (SSSR count). The lowest BCUT2D eigenvalue weighted by Crippen LogP contribution is -2.39. The predicted molar refractivity (Wildman–Crippen MR) is 78.3 cm³/mol. The number of hydrogen-bond donors (Lipinski definition) is 2. The molecule has 1 aromatic carbocycles. The molecule has 0 saturated carbocycles. The Hall–Kier alpha value is -1.91. The zero-order chi connectivity index (χ0) is 16.1. The number of sulfonamides is 1. The summed E-state index contributed by atoms with van der Waals surface area (Å²) in [6, 6.07) is 7.99. The molecule has 0 radical (unpaired) electrons. The number of nitrogens with one attached hydrogen (secondary N) is 1. The summed E-state index contributed by atoms with van der Waals surface area (Å²) in [6.07, 6.45) is 0.881. The molecule has 0 aliphatic heterocycles. The number of nitriles is 1. The largest absolute Gasteiger partial charge is 0.351 e. The second-order valence-electron chi connectivity index (χ2n) is 4.77. The van der Waals surface area contributed by atoms with Gasteiger partial charge in [-0.15, -0.1) is 0 Å². The normalized spacial score (nSPS) is 11.7. The number of amides is 1. The van der Waals surface area contributed by atoms with Crippen LogP contribution in [0.25, 0.3) is 0 Å². The summed E-state index contributed by atoms with van der Waals surface area (Å²) in [5, 5.41) is 16.9. The average Bonchev–Trinajstić information content (AvgIpc) is 2.47. The lowest BCUT2D eigenvalue weighted by Gasteiger charge is -2.22. The molecule has 1 amide bonds. The van der Waals surface area contributed by atoms with Gasteiger partial charge < -0.3 is 5.32 Å². The Balaban J connectivity index is 2.77. The van der Waals surface area contributed by atoms with E-state index in [0.717, 1.165) is 5.56 Å². The summed E-state index contributed by atoms with van der Waals surface area (Å²) in [7, 11) is -3.72. The quantitative estimate of drug-likeness (QED) is 0.824. The second-order valence-corrected chi connectivity index (χ2v) is 6.33. The van der Waals surface area contributed by atoms with Crippen molar-refractivity contribution >= 4 is 15.9 Å². The van der Waals surface area contributed by atoms with Gasteiger partial charge in [-0.1, -0.05) is 26.0 Å². The van der Waals surface area contributed by atoms with E-state index in [1.165, 1.54) is 12.1 Å². The summed E-state index contributed by atoms with van der Waals surface area (Å²) in [6.45, 7) is 3.83. The van der Waals surface area contributed by atoms with Crippen molar-refractivity contribution in [1.82, 2.24) is 5.32 Å². The molecular formula is C14H19N3O3S. The first-order chi connectivity index (χ1) is 9.79. The van der Waals surface area contributed by atoms with Gasteiger partial charge in [0.05, 0.1) is 11.0 Å². The molecule has 0 aliphatic rings. The van der Waals surface area contributed by atoms with E-state index in [4.69, 9.17) is 5.14 Å². The summed E-state index contributed by atoms with van der Waals surface area (Å²) in [5.74, 6) is -0.314. The third-order valence-electron chi connectivity index (χ3n) is 3.56. The molecule has 0 atom stereocenters. The predicted octanol–water partition coefficient (Wildman–Crippen LogP) is 1.28. The van der Waals surface area contributed by atoms with E-state index in [-0.39, 0.29) is 17.3 Å². The number of benzene rings is 1. The van der Waals surface area contributed by atoms with Crippen LogP contribution in [0.2, 0.25) is 0 Å². The smallest absolute Gasteiger partial charge is 0.240 e. The lowest BCUT2D eigenvalue weighted by atomic mass is 9.83. The minimum absolute atomic E-state index is 0.0195. The van der Waals surface area contributed by atoms with Crippen molar-refractivity contribution in [2.24, 2.45) is 10.6 Å². The molecule has 0 aliphatic carbocycles. The van der Waals surface area contributed by atoms with E-state index < -0.39 is 15.4 Å². The second kappa shape index (κ2) is 6.70. The van der Waals surface area contributed by atoms with Crippen LogP contribution in [0.5, 0.6) is 0 Å². The first kappa shape index (κ1) is 17.1. The van der Waals surface area contributed by atoms with Gasteiger partial charge in [-0.3, -0.25) is 4.79 Å². The van der Waals surface area contributed by atoms with Crippen LogP contribution in [0, 0.1) is 16.7 Å². The van der Waals surface area contributed by atoms with Crippen molar-refractivity contribution in [3.05, 3.63) is 29.8 Å². The third kappa shape index (κ3) is 4.03. The van der Waals surface area contributed by atoms with E-state index >= 15 is 0 Å². The van der Waals surface area contributed by atoms with Crippen LogP contribution >= 0.6 is 0 Å². The Kier molecular flexibility index (Phi) is 5.47. The van der Waals surface area contributed by atoms with Crippen molar-refractivity contribution in [3.63, 3.8) is 0 Å². The molecule has 21 heavy (non-hydrogen) atoms. The summed E-state index contributed by atoms with van der Waals surface area (Å²) in [4.78, 5) is 12.1. The highest BCUT2D eigenvalue weighted by Crippen LogP contribution is 2.25. The zero-order valence-electron chi connectivity index (χ0n) is 12.1. The number of carbonyl (C=O) groups is 1. The highest BCUT2D eigenvalue weighted by Gasteiger charge is 2.34. The number of nitrogens with two attached hydrogens (primary N) is 1. The fourth-order valence-corrected chi connectivity index (χ4v) is 2.44. The van der Waals surface area contributed by atoms with Crippen LogP contribution in [0.3, 0.4) is 0 Å². The van der Waals surface area contributed by atoms with E-state index in [1.54, 1.807) is 26.0 Å². The molecule has 0 fully saturated rings. The Bertz CT molecular complexity index is 641. The SMILES string of the molecule is CCC(C#N)(CC)C(=O)NCc1ccc(S(N)(=O)=O)cc1.